The average Bonchev–Trinajstić information content (AvgIpc) is 2.42. The Hall–Kier alpha value is -1.78. The van der Waals surface area contributed by atoms with Crippen LogP contribution in [0.3, 0.4) is 0 Å². The summed E-state index contributed by atoms with van der Waals surface area (Å²) in [6.07, 6.45) is 3.14. The summed E-state index contributed by atoms with van der Waals surface area (Å²) in [5.41, 5.74) is 0.756. The molecule has 1 aromatic carbocycles. The van der Waals surface area contributed by atoms with Crippen LogP contribution in [0.2, 0.25) is 10.0 Å². The molecule has 6 heteroatoms. The second-order valence-corrected chi connectivity index (χ2v) is 4.45. The van der Waals surface area contributed by atoms with Gasteiger partial charge in [0, 0.05) is 6.20 Å². The molecule has 0 saturated carbocycles. The van der Waals surface area contributed by atoms with Crippen molar-refractivity contribution < 1.29 is 9.53 Å². The first-order valence-electron chi connectivity index (χ1n) is 5.37. The molecular formula is C13H10Cl2N2O2. The molecule has 0 unspecified atom stereocenters. The summed E-state index contributed by atoms with van der Waals surface area (Å²) in [5.74, 6) is -0.159. The normalized spacial score (nSPS) is 10.1. The highest BCUT2D eigenvalue weighted by atomic mass is 35.5. The van der Waals surface area contributed by atoms with E-state index in [1.54, 1.807) is 30.5 Å². The second-order valence-electron chi connectivity index (χ2n) is 3.63. The van der Waals surface area contributed by atoms with Crippen molar-refractivity contribution in [2.45, 2.75) is 0 Å². The Labute approximate surface area is 120 Å². The molecular weight excluding hydrogens is 287 g/mol. The molecule has 1 N–H and O–H groups in total. The van der Waals surface area contributed by atoms with Crippen molar-refractivity contribution in [2.24, 2.45) is 0 Å². The van der Waals surface area contributed by atoms with Gasteiger partial charge in [-0.2, -0.15) is 0 Å². The van der Waals surface area contributed by atoms with Crippen molar-refractivity contribution in [1.82, 2.24) is 4.98 Å². The number of methoxy groups -OCH3 is 1. The van der Waals surface area contributed by atoms with Gasteiger partial charge >= 0.3 is 0 Å². The molecule has 0 saturated heterocycles. The number of pyridine rings is 1. The van der Waals surface area contributed by atoms with Crippen LogP contribution >= 0.6 is 23.2 Å². The Balaban J connectivity index is 2.36. The smallest absolute Gasteiger partial charge is 0.261 e. The fourth-order valence-corrected chi connectivity index (χ4v) is 2.04. The molecule has 98 valence electrons. The van der Waals surface area contributed by atoms with Crippen molar-refractivity contribution in [3.8, 4) is 5.75 Å². The Bertz CT molecular complexity index is 603. The van der Waals surface area contributed by atoms with Crippen molar-refractivity contribution in [2.75, 3.05) is 12.4 Å². The lowest BCUT2D eigenvalue weighted by molar-refractivity contribution is 0.102. The number of carbonyl (C=O) groups is 1. The molecule has 0 aliphatic carbocycles. The number of rotatable bonds is 3. The van der Waals surface area contributed by atoms with Gasteiger partial charge in [-0.1, -0.05) is 23.2 Å². The van der Waals surface area contributed by atoms with Crippen LogP contribution in [-0.2, 0) is 0 Å². The number of nitrogens with zero attached hydrogens (tertiary/aromatic N) is 1. The van der Waals surface area contributed by atoms with Crippen LogP contribution in [0.25, 0.3) is 0 Å². The van der Waals surface area contributed by atoms with Gasteiger partial charge in [-0.05, 0) is 24.3 Å². The van der Waals surface area contributed by atoms with Gasteiger partial charge in [0.1, 0.15) is 5.56 Å². The predicted octanol–water partition coefficient (Wildman–Crippen LogP) is 3.65. The summed E-state index contributed by atoms with van der Waals surface area (Å²) in [6.45, 7) is 0. The standard InChI is InChI=1S/C13H10Cl2N2O2/c1-19-12-10(15)5-4-9(14)11(12)13(18)17-8-3-2-6-16-7-8/h2-7H,1H3,(H,17,18). The number of anilines is 1. The highest BCUT2D eigenvalue weighted by Gasteiger charge is 2.19. The second kappa shape index (κ2) is 5.91. The van der Waals surface area contributed by atoms with E-state index in [0.29, 0.717) is 10.7 Å². The van der Waals surface area contributed by atoms with Gasteiger partial charge in [0.05, 0.1) is 29.0 Å². The summed E-state index contributed by atoms with van der Waals surface area (Å²) >= 11 is 12.0. The monoisotopic (exact) mass is 296 g/mol. The van der Waals surface area contributed by atoms with Gasteiger partial charge in [0.15, 0.2) is 5.75 Å². The van der Waals surface area contributed by atoms with Crippen LogP contribution in [0.15, 0.2) is 36.7 Å². The molecule has 1 amide bonds. The third-order valence-electron chi connectivity index (χ3n) is 2.41. The summed E-state index contributed by atoms with van der Waals surface area (Å²) < 4.78 is 5.12. The van der Waals surface area contributed by atoms with Gasteiger partial charge in [-0.25, -0.2) is 0 Å². The topological polar surface area (TPSA) is 51.2 Å². The Kier molecular flexibility index (Phi) is 4.24. The van der Waals surface area contributed by atoms with E-state index in [2.05, 4.69) is 10.3 Å². The van der Waals surface area contributed by atoms with E-state index >= 15 is 0 Å². The number of halogens is 2. The molecule has 2 aromatic rings. The van der Waals surface area contributed by atoms with E-state index in [1.807, 2.05) is 0 Å². The minimum absolute atomic E-state index is 0.195. The van der Waals surface area contributed by atoms with E-state index < -0.39 is 5.91 Å². The molecule has 0 radical (unpaired) electrons. The quantitative estimate of drug-likeness (QED) is 0.940. The summed E-state index contributed by atoms with van der Waals surface area (Å²) in [6, 6.07) is 6.55. The van der Waals surface area contributed by atoms with E-state index in [0.717, 1.165) is 0 Å². The summed E-state index contributed by atoms with van der Waals surface area (Å²) in [4.78, 5) is 16.1. The number of hydrogen-bond acceptors (Lipinski definition) is 3. The number of ether oxygens (including phenoxy) is 1. The first kappa shape index (κ1) is 13.6. The fraction of sp³-hybridized carbons (Fsp3) is 0.0769. The molecule has 0 aliphatic heterocycles. The fourth-order valence-electron chi connectivity index (χ4n) is 1.57. The summed E-state index contributed by atoms with van der Waals surface area (Å²) in [5, 5.41) is 3.27. The Morgan fingerprint density at radius 2 is 2.00 bits per heavy atom. The number of carbonyl (C=O) groups excluding carboxylic acids is 1. The first-order valence-corrected chi connectivity index (χ1v) is 6.12. The van der Waals surface area contributed by atoms with Crippen molar-refractivity contribution in [3.63, 3.8) is 0 Å². The van der Waals surface area contributed by atoms with E-state index in [9.17, 15) is 4.79 Å². The Morgan fingerprint density at radius 1 is 1.26 bits per heavy atom. The maximum absolute atomic E-state index is 12.2. The summed E-state index contributed by atoms with van der Waals surface area (Å²) in [7, 11) is 1.43. The molecule has 1 aromatic heterocycles. The SMILES string of the molecule is COc1c(Cl)ccc(Cl)c1C(=O)Nc1cccnc1. The molecule has 0 spiro atoms. The van der Waals surface area contributed by atoms with E-state index in [-0.39, 0.29) is 16.3 Å². The minimum atomic E-state index is -0.405. The van der Waals surface area contributed by atoms with E-state index in [4.69, 9.17) is 27.9 Å². The molecule has 2 rings (SSSR count). The van der Waals surface area contributed by atoms with E-state index in [1.165, 1.54) is 13.3 Å². The third-order valence-corrected chi connectivity index (χ3v) is 3.02. The lowest BCUT2D eigenvalue weighted by atomic mass is 10.2. The van der Waals surface area contributed by atoms with Crippen LogP contribution in [0.4, 0.5) is 5.69 Å². The van der Waals surface area contributed by atoms with Gasteiger partial charge < -0.3 is 10.1 Å². The molecule has 4 nitrogen and oxygen atoms in total. The lowest BCUT2D eigenvalue weighted by Crippen LogP contribution is -2.14. The van der Waals surface area contributed by atoms with Crippen LogP contribution in [0, 0.1) is 0 Å². The number of benzene rings is 1. The van der Waals surface area contributed by atoms with Crippen LogP contribution < -0.4 is 10.1 Å². The first-order chi connectivity index (χ1) is 9.13. The largest absolute Gasteiger partial charge is 0.494 e. The maximum Gasteiger partial charge on any atom is 0.261 e. The molecule has 1 heterocycles. The van der Waals surface area contributed by atoms with Crippen LogP contribution in [0.5, 0.6) is 5.75 Å². The predicted molar refractivity (Wildman–Crippen MR) is 75.2 cm³/mol. The zero-order chi connectivity index (χ0) is 13.8. The van der Waals surface area contributed by atoms with Gasteiger partial charge in [0.2, 0.25) is 0 Å². The van der Waals surface area contributed by atoms with Crippen molar-refractivity contribution in [1.29, 1.82) is 0 Å². The minimum Gasteiger partial charge on any atom is -0.494 e. The number of hydrogen-bond donors (Lipinski definition) is 1. The number of aromatic nitrogens is 1. The molecule has 0 atom stereocenters. The van der Waals surface area contributed by atoms with Crippen molar-refractivity contribution in [3.05, 3.63) is 52.3 Å². The number of amides is 1. The van der Waals surface area contributed by atoms with Crippen molar-refractivity contribution >= 4 is 34.8 Å². The van der Waals surface area contributed by atoms with Gasteiger partial charge in [0.25, 0.3) is 5.91 Å². The van der Waals surface area contributed by atoms with Gasteiger partial charge in [-0.15, -0.1) is 0 Å². The maximum atomic E-state index is 12.2. The molecule has 19 heavy (non-hydrogen) atoms. The highest BCUT2D eigenvalue weighted by Crippen LogP contribution is 2.34. The third kappa shape index (κ3) is 2.97. The zero-order valence-corrected chi connectivity index (χ0v) is 11.5. The zero-order valence-electron chi connectivity index (χ0n) is 9.98. The number of nitrogens with one attached hydrogen (secondary N) is 1. The molecule has 0 fully saturated rings. The Morgan fingerprint density at radius 3 is 2.63 bits per heavy atom. The molecule has 0 bridgehead atoms. The molecule has 0 aliphatic rings. The average molecular weight is 297 g/mol. The van der Waals surface area contributed by atoms with Crippen LogP contribution in [-0.4, -0.2) is 18.0 Å². The van der Waals surface area contributed by atoms with Gasteiger partial charge in [-0.3, -0.25) is 9.78 Å². The lowest BCUT2D eigenvalue weighted by Gasteiger charge is -2.12. The highest BCUT2D eigenvalue weighted by molar-refractivity contribution is 6.37. The van der Waals surface area contributed by atoms with Crippen LogP contribution in [0.1, 0.15) is 10.4 Å².